The fraction of sp³-hybridized carbons (Fsp3) is 0.923. The molecule has 0 aliphatic carbocycles. The van der Waals surface area contributed by atoms with Gasteiger partial charge in [0.2, 0.25) is 0 Å². The molecule has 0 heterocycles. The summed E-state index contributed by atoms with van der Waals surface area (Å²) in [5, 5.41) is 0. The highest BCUT2D eigenvalue weighted by atomic mass is 32.2. The first-order chi connectivity index (χ1) is 10.3. The van der Waals surface area contributed by atoms with Gasteiger partial charge in [0.15, 0.2) is 0 Å². The average molecular weight is 341 g/mol. The number of hydrogen-bond donors (Lipinski definition) is 0. The Kier molecular flexibility index (Phi) is 11.4. The molecule has 1 unspecified atom stereocenters. The molecular formula is C13H27NO7S. The fourth-order valence-electron chi connectivity index (χ4n) is 1.41. The Morgan fingerprint density at radius 1 is 1.09 bits per heavy atom. The van der Waals surface area contributed by atoms with Crippen molar-refractivity contribution in [3.63, 3.8) is 0 Å². The molecule has 0 N–H and O–H groups in total. The Balaban J connectivity index is 3.51. The summed E-state index contributed by atoms with van der Waals surface area (Å²) in [6, 6.07) is -0.312. The number of rotatable bonds is 13. The molecule has 9 heteroatoms. The van der Waals surface area contributed by atoms with Crippen LogP contribution in [-0.2, 0) is 33.3 Å². The predicted molar refractivity (Wildman–Crippen MR) is 81.2 cm³/mol. The van der Waals surface area contributed by atoms with Crippen molar-refractivity contribution in [2.75, 3.05) is 59.5 Å². The average Bonchev–Trinajstić information content (AvgIpc) is 2.43. The summed E-state index contributed by atoms with van der Waals surface area (Å²) in [5.41, 5.74) is 0. The van der Waals surface area contributed by atoms with Crippen LogP contribution in [0.4, 0.5) is 0 Å². The fourth-order valence-corrected chi connectivity index (χ4v) is 1.78. The SMILES string of the molecule is CCOC(=O)C(C)N(C)CCOCCOCCOS(C)(=O)=O. The number of carbonyl (C=O) groups is 1. The third-order valence-electron chi connectivity index (χ3n) is 2.77. The smallest absolute Gasteiger partial charge is 0.323 e. The van der Waals surface area contributed by atoms with Gasteiger partial charge >= 0.3 is 5.97 Å². The second-order valence-corrected chi connectivity index (χ2v) is 6.30. The van der Waals surface area contributed by atoms with Gasteiger partial charge in [-0.15, -0.1) is 0 Å². The van der Waals surface area contributed by atoms with Gasteiger partial charge in [0.1, 0.15) is 6.04 Å². The standard InChI is InChI=1S/C13H27NO7S/c1-5-20-13(15)12(2)14(3)6-7-18-8-9-19-10-11-21-22(4,16)17/h12H,5-11H2,1-4H3. The van der Waals surface area contributed by atoms with Crippen molar-refractivity contribution in [1.29, 1.82) is 0 Å². The molecule has 0 aromatic rings. The molecule has 0 radical (unpaired) electrons. The van der Waals surface area contributed by atoms with E-state index in [0.717, 1.165) is 6.26 Å². The number of likely N-dealkylation sites (N-methyl/N-ethyl adjacent to an activating group) is 1. The second-order valence-electron chi connectivity index (χ2n) is 4.66. The van der Waals surface area contributed by atoms with Crippen LogP contribution in [-0.4, -0.2) is 84.8 Å². The summed E-state index contributed by atoms with van der Waals surface area (Å²) in [6.07, 6.45) is 0.990. The van der Waals surface area contributed by atoms with Crippen molar-refractivity contribution in [2.45, 2.75) is 19.9 Å². The van der Waals surface area contributed by atoms with Gasteiger partial charge < -0.3 is 14.2 Å². The van der Waals surface area contributed by atoms with E-state index in [1.807, 2.05) is 11.9 Å². The van der Waals surface area contributed by atoms with E-state index in [2.05, 4.69) is 4.18 Å². The summed E-state index contributed by atoms with van der Waals surface area (Å²) in [4.78, 5) is 13.4. The zero-order chi connectivity index (χ0) is 17.0. The minimum atomic E-state index is -3.41. The van der Waals surface area contributed by atoms with Gasteiger partial charge in [-0.05, 0) is 20.9 Å². The van der Waals surface area contributed by atoms with E-state index in [1.165, 1.54) is 0 Å². The van der Waals surface area contributed by atoms with E-state index in [1.54, 1.807) is 13.8 Å². The molecule has 0 rings (SSSR count). The first-order valence-electron chi connectivity index (χ1n) is 7.14. The van der Waals surface area contributed by atoms with E-state index >= 15 is 0 Å². The van der Waals surface area contributed by atoms with Gasteiger partial charge in [0.25, 0.3) is 10.1 Å². The van der Waals surface area contributed by atoms with Crippen LogP contribution in [0.2, 0.25) is 0 Å². The summed E-state index contributed by atoms with van der Waals surface area (Å²) >= 11 is 0. The molecule has 0 fully saturated rings. The predicted octanol–water partition coefficient (Wildman–Crippen LogP) is -0.121. The number of nitrogens with zero attached hydrogens (tertiary/aromatic N) is 1. The minimum absolute atomic E-state index is 0.00136. The normalized spacial score (nSPS) is 13.3. The lowest BCUT2D eigenvalue weighted by Crippen LogP contribution is -2.39. The molecule has 0 saturated carbocycles. The van der Waals surface area contributed by atoms with Crippen LogP contribution in [0.25, 0.3) is 0 Å². The van der Waals surface area contributed by atoms with E-state index in [-0.39, 0.29) is 25.2 Å². The highest BCUT2D eigenvalue weighted by molar-refractivity contribution is 7.85. The Hall–Kier alpha value is -0.740. The monoisotopic (exact) mass is 341 g/mol. The Labute approximate surface area is 132 Å². The molecule has 0 aromatic heterocycles. The second kappa shape index (κ2) is 11.8. The molecule has 132 valence electrons. The highest BCUT2D eigenvalue weighted by Crippen LogP contribution is 1.98. The topological polar surface area (TPSA) is 91.4 Å². The molecule has 0 aliphatic rings. The first kappa shape index (κ1) is 21.3. The molecule has 22 heavy (non-hydrogen) atoms. The van der Waals surface area contributed by atoms with Crippen LogP contribution in [0.1, 0.15) is 13.8 Å². The van der Waals surface area contributed by atoms with Crippen LogP contribution < -0.4 is 0 Å². The van der Waals surface area contributed by atoms with E-state index in [4.69, 9.17) is 14.2 Å². The van der Waals surface area contributed by atoms with Crippen molar-refractivity contribution >= 4 is 16.1 Å². The van der Waals surface area contributed by atoms with Crippen molar-refractivity contribution in [3.05, 3.63) is 0 Å². The number of carbonyl (C=O) groups excluding carboxylic acids is 1. The quantitative estimate of drug-likeness (QED) is 0.260. The lowest BCUT2D eigenvalue weighted by molar-refractivity contribution is -0.148. The van der Waals surface area contributed by atoms with Gasteiger partial charge in [-0.1, -0.05) is 0 Å². The molecule has 0 bridgehead atoms. The van der Waals surface area contributed by atoms with Crippen LogP contribution >= 0.6 is 0 Å². The van der Waals surface area contributed by atoms with Gasteiger partial charge in [-0.3, -0.25) is 13.9 Å². The molecule has 8 nitrogen and oxygen atoms in total. The molecular weight excluding hydrogens is 314 g/mol. The summed E-state index contributed by atoms with van der Waals surface area (Å²) in [5.74, 6) is -0.251. The number of ether oxygens (including phenoxy) is 3. The third kappa shape index (κ3) is 11.9. The zero-order valence-electron chi connectivity index (χ0n) is 13.7. The maximum absolute atomic E-state index is 11.5. The van der Waals surface area contributed by atoms with Gasteiger partial charge in [-0.2, -0.15) is 8.42 Å². The molecule has 1 atom stereocenters. The Bertz CT molecular complexity index is 399. The van der Waals surface area contributed by atoms with Crippen molar-refractivity contribution in [3.8, 4) is 0 Å². The number of hydrogen-bond acceptors (Lipinski definition) is 8. The minimum Gasteiger partial charge on any atom is -0.465 e. The van der Waals surface area contributed by atoms with Crippen LogP contribution in [0.5, 0.6) is 0 Å². The van der Waals surface area contributed by atoms with Gasteiger partial charge in [0.05, 0.1) is 45.9 Å². The highest BCUT2D eigenvalue weighted by Gasteiger charge is 2.18. The van der Waals surface area contributed by atoms with Crippen LogP contribution in [0, 0.1) is 0 Å². The summed E-state index contributed by atoms with van der Waals surface area (Å²) in [7, 11) is -1.59. The third-order valence-corrected chi connectivity index (χ3v) is 3.37. The molecule has 0 aliphatic heterocycles. The van der Waals surface area contributed by atoms with Crippen molar-refractivity contribution < 1.29 is 31.6 Å². The van der Waals surface area contributed by atoms with Gasteiger partial charge in [-0.25, -0.2) is 0 Å². The summed E-state index contributed by atoms with van der Waals surface area (Å²) < 4.78 is 41.3. The largest absolute Gasteiger partial charge is 0.465 e. The van der Waals surface area contributed by atoms with Gasteiger partial charge in [0, 0.05) is 6.54 Å². The molecule has 0 spiro atoms. The molecule has 0 amide bonds. The zero-order valence-corrected chi connectivity index (χ0v) is 14.6. The molecule has 0 aromatic carbocycles. The Morgan fingerprint density at radius 3 is 2.18 bits per heavy atom. The summed E-state index contributed by atoms with van der Waals surface area (Å²) in [6.45, 7) is 5.91. The maximum atomic E-state index is 11.5. The first-order valence-corrected chi connectivity index (χ1v) is 8.96. The van der Waals surface area contributed by atoms with E-state index in [0.29, 0.717) is 33.0 Å². The van der Waals surface area contributed by atoms with Crippen LogP contribution in [0.15, 0.2) is 0 Å². The maximum Gasteiger partial charge on any atom is 0.323 e. The number of esters is 1. The van der Waals surface area contributed by atoms with E-state index in [9.17, 15) is 13.2 Å². The van der Waals surface area contributed by atoms with Crippen molar-refractivity contribution in [2.24, 2.45) is 0 Å². The van der Waals surface area contributed by atoms with Crippen molar-refractivity contribution in [1.82, 2.24) is 4.90 Å². The lowest BCUT2D eigenvalue weighted by Gasteiger charge is -2.22. The lowest BCUT2D eigenvalue weighted by atomic mass is 10.3. The Morgan fingerprint density at radius 2 is 1.64 bits per heavy atom. The van der Waals surface area contributed by atoms with Crippen LogP contribution in [0.3, 0.4) is 0 Å². The van der Waals surface area contributed by atoms with E-state index < -0.39 is 10.1 Å². The molecule has 0 saturated heterocycles.